The summed E-state index contributed by atoms with van der Waals surface area (Å²) in [7, 11) is 0. The number of hydrogen-bond acceptors (Lipinski definition) is 2. The third kappa shape index (κ3) is 2.01. The molecule has 0 saturated carbocycles. The van der Waals surface area contributed by atoms with E-state index in [0.29, 0.717) is 5.92 Å². The van der Waals surface area contributed by atoms with Crippen LogP contribution < -0.4 is 5.73 Å². The Kier molecular flexibility index (Phi) is 2.76. The van der Waals surface area contributed by atoms with Crippen LogP contribution in [0.2, 0.25) is 0 Å². The number of halogens is 1. The van der Waals surface area contributed by atoms with Crippen molar-refractivity contribution in [3.05, 3.63) is 29.8 Å². The van der Waals surface area contributed by atoms with Crippen molar-refractivity contribution in [2.45, 2.75) is 19.9 Å². The van der Waals surface area contributed by atoms with E-state index in [2.05, 4.69) is 4.98 Å². The predicted octanol–water partition coefficient (Wildman–Crippen LogP) is 1.88. The summed E-state index contributed by atoms with van der Waals surface area (Å²) in [5.41, 5.74) is 6.54. The van der Waals surface area contributed by atoms with E-state index in [9.17, 15) is 4.39 Å². The van der Waals surface area contributed by atoms with Crippen molar-refractivity contribution in [2.24, 2.45) is 11.7 Å². The van der Waals surface area contributed by atoms with Crippen molar-refractivity contribution in [1.82, 2.24) is 4.98 Å². The van der Waals surface area contributed by atoms with Gasteiger partial charge >= 0.3 is 0 Å². The molecule has 1 rings (SSSR count). The maximum Gasteiger partial charge on any atom is 0.141 e. The van der Waals surface area contributed by atoms with Gasteiger partial charge in [-0.3, -0.25) is 4.98 Å². The molecular formula is C9H13FN2. The van der Waals surface area contributed by atoms with Crippen LogP contribution in [-0.2, 0) is 0 Å². The highest BCUT2D eigenvalue weighted by molar-refractivity contribution is 5.09. The van der Waals surface area contributed by atoms with Crippen LogP contribution in [0, 0.1) is 11.7 Å². The van der Waals surface area contributed by atoms with Gasteiger partial charge in [0.2, 0.25) is 0 Å². The molecule has 0 aliphatic heterocycles. The Balaban J connectivity index is 2.82. The first-order chi connectivity index (χ1) is 5.61. The minimum atomic E-state index is -0.324. The van der Waals surface area contributed by atoms with Gasteiger partial charge in [-0.25, -0.2) is 4.39 Å². The second-order valence-electron chi connectivity index (χ2n) is 3.17. The van der Waals surface area contributed by atoms with Gasteiger partial charge in [-0.2, -0.15) is 0 Å². The Labute approximate surface area is 71.6 Å². The van der Waals surface area contributed by atoms with E-state index in [4.69, 9.17) is 5.73 Å². The van der Waals surface area contributed by atoms with Crippen molar-refractivity contribution in [3.8, 4) is 0 Å². The first-order valence-electron chi connectivity index (χ1n) is 3.98. The SMILES string of the molecule is CC(C)[C@@H](N)c1ccc(F)cn1. The first kappa shape index (κ1) is 9.13. The molecule has 0 saturated heterocycles. The van der Waals surface area contributed by atoms with Crippen LogP contribution in [-0.4, -0.2) is 4.98 Å². The van der Waals surface area contributed by atoms with Crippen LogP contribution in [0.4, 0.5) is 4.39 Å². The summed E-state index contributed by atoms with van der Waals surface area (Å²) in [6, 6.07) is 2.90. The quantitative estimate of drug-likeness (QED) is 0.732. The zero-order chi connectivity index (χ0) is 9.14. The average molecular weight is 168 g/mol. The number of nitrogens with zero attached hydrogens (tertiary/aromatic N) is 1. The molecule has 0 aromatic carbocycles. The van der Waals surface area contributed by atoms with Gasteiger partial charge in [-0.05, 0) is 18.1 Å². The second kappa shape index (κ2) is 3.63. The Morgan fingerprint density at radius 3 is 2.50 bits per heavy atom. The zero-order valence-electron chi connectivity index (χ0n) is 7.29. The molecule has 1 atom stereocenters. The van der Waals surface area contributed by atoms with Gasteiger partial charge in [0.15, 0.2) is 0 Å². The van der Waals surface area contributed by atoms with Crippen LogP contribution in [0.5, 0.6) is 0 Å². The van der Waals surface area contributed by atoms with Gasteiger partial charge in [0.1, 0.15) is 5.82 Å². The van der Waals surface area contributed by atoms with Crippen LogP contribution in [0.1, 0.15) is 25.6 Å². The Bertz CT molecular complexity index is 243. The maximum atomic E-state index is 12.4. The van der Waals surface area contributed by atoms with Gasteiger partial charge < -0.3 is 5.73 Å². The fourth-order valence-electron chi connectivity index (χ4n) is 0.926. The second-order valence-corrected chi connectivity index (χ2v) is 3.17. The lowest BCUT2D eigenvalue weighted by molar-refractivity contribution is 0.500. The summed E-state index contributed by atoms with van der Waals surface area (Å²) in [5.74, 6) is -0.00216. The highest BCUT2D eigenvalue weighted by Crippen LogP contribution is 2.15. The van der Waals surface area contributed by atoms with Gasteiger partial charge in [-0.1, -0.05) is 13.8 Å². The lowest BCUT2D eigenvalue weighted by atomic mass is 10.0. The van der Waals surface area contributed by atoms with Crippen molar-refractivity contribution >= 4 is 0 Å². The topological polar surface area (TPSA) is 38.9 Å². The number of rotatable bonds is 2. The third-order valence-electron chi connectivity index (χ3n) is 1.81. The predicted molar refractivity (Wildman–Crippen MR) is 46.0 cm³/mol. The highest BCUT2D eigenvalue weighted by Gasteiger charge is 2.10. The van der Waals surface area contributed by atoms with Crippen LogP contribution >= 0.6 is 0 Å². The van der Waals surface area contributed by atoms with Crippen LogP contribution in [0.15, 0.2) is 18.3 Å². The first-order valence-corrected chi connectivity index (χ1v) is 3.98. The zero-order valence-corrected chi connectivity index (χ0v) is 7.29. The molecule has 2 N–H and O–H groups in total. The van der Waals surface area contributed by atoms with E-state index in [1.54, 1.807) is 6.07 Å². The summed E-state index contributed by atoms with van der Waals surface area (Å²) in [6.07, 6.45) is 1.19. The van der Waals surface area contributed by atoms with E-state index in [1.165, 1.54) is 12.3 Å². The van der Waals surface area contributed by atoms with Crippen LogP contribution in [0.25, 0.3) is 0 Å². The summed E-state index contributed by atoms with van der Waals surface area (Å²) >= 11 is 0. The van der Waals surface area contributed by atoms with Crippen molar-refractivity contribution in [3.63, 3.8) is 0 Å². The summed E-state index contributed by atoms with van der Waals surface area (Å²) in [5, 5.41) is 0. The van der Waals surface area contributed by atoms with Crippen molar-refractivity contribution in [2.75, 3.05) is 0 Å². The van der Waals surface area contributed by atoms with Crippen molar-refractivity contribution in [1.29, 1.82) is 0 Å². The molecule has 0 fully saturated rings. The molecule has 12 heavy (non-hydrogen) atoms. The van der Waals surface area contributed by atoms with Crippen LogP contribution in [0.3, 0.4) is 0 Å². The Hall–Kier alpha value is -0.960. The van der Waals surface area contributed by atoms with E-state index in [0.717, 1.165) is 5.69 Å². The minimum absolute atomic E-state index is 0.106. The van der Waals surface area contributed by atoms with E-state index < -0.39 is 0 Å². The van der Waals surface area contributed by atoms with E-state index in [-0.39, 0.29) is 11.9 Å². The lowest BCUT2D eigenvalue weighted by Crippen LogP contribution is -2.17. The molecule has 0 aliphatic carbocycles. The minimum Gasteiger partial charge on any atom is -0.322 e. The number of aromatic nitrogens is 1. The molecular weight excluding hydrogens is 155 g/mol. The smallest absolute Gasteiger partial charge is 0.141 e. The molecule has 1 heterocycles. The molecule has 0 unspecified atom stereocenters. The van der Waals surface area contributed by atoms with Gasteiger partial charge in [0, 0.05) is 6.04 Å². The summed E-state index contributed by atoms with van der Waals surface area (Å²) < 4.78 is 12.4. The number of nitrogens with two attached hydrogens (primary N) is 1. The fraction of sp³-hybridized carbons (Fsp3) is 0.444. The molecule has 0 radical (unpaired) electrons. The average Bonchev–Trinajstić information content (AvgIpc) is 2.04. The maximum absolute atomic E-state index is 12.4. The molecule has 1 aromatic heterocycles. The van der Waals surface area contributed by atoms with E-state index in [1.807, 2.05) is 13.8 Å². The molecule has 1 aromatic rings. The highest BCUT2D eigenvalue weighted by atomic mass is 19.1. The summed E-state index contributed by atoms with van der Waals surface area (Å²) in [4.78, 5) is 3.90. The monoisotopic (exact) mass is 168 g/mol. The summed E-state index contributed by atoms with van der Waals surface area (Å²) in [6.45, 7) is 4.02. The van der Waals surface area contributed by atoms with Crippen molar-refractivity contribution < 1.29 is 4.39 Å². The standard InChI is InChI=1S/C9H13FN2/c1-6(2)9(11)8-4-3-7(10)5-12-8/h3-6,9H,11H2,1-2H3/t9-/m1/s1. The molecule has 2 nitrogen and oxygen atoms in total. The lowest BCUT2D eigenvalue weighted by Gasteiger charge is -2.14. The largest absolute Gasteiger partial charge is 0.322 e. The molecule has 66 valence electrons. The normalized spacial score (nSPS) is 13.4. The Morgan fingerprint density at radius 1 is 1.42 bits per heavy atom. The molecule has 3 heteroatoms. The van der Waals surface area contributed by atoms with Gasteiger partial charge in [0.05, 0.1) is 11.9 Å². The molecule has 0 spiro atoms. The number of pyridine rings is 1. The fourth-order valence-corrected chi connectivity index (χ4v) is 0.926. The molecule has 0 amide bonds. The number of hydrogen-bond donors (Lipinski definition) is 1. The Morgan fingerprint density at radius 2 is 2.08 bits per heavy atom. The molecule has 0 bridgehead atoms. The van der Waals surface area contributed by atoms with Gasteiger partial charge in [-0.15, -0.1) is 0 Å². The van der Waals surface area contributed by atoms with E-state index >= 15 is 0 Å². The molecule has 0 aliphatic rings. The van der Waals surface area contributed by atoms with Gasteiger partial charge in [0.25, 0.3) is 0 Å². The third-order valence-corrected chi connectivity index (χ3v) is 1.81.